The van der Waals surface area contributed by atoms with Crippen molar-refractivity contribution in [3.8, 4) is 0 Å². The van der Waals surface area contributed by atoms with Crippen LogP contribution in [0.3, 0.4) is 0 Å². The molecular weight excluding hydrogens is 234 g/mol. The van der Waals surface area contributed by atoms with Gasteiger partial charge >= 0.3 is 0 Å². The Labute approximate surface area is 117 Å². The van der Waals surface area contributed by atoms with Crippen molar-refractivity contribution in [2.75, 3.05) is 0 Å². The number of aryl methyl sites for hydroxylation is 2. The highest BCUT2D eigenvalue weighted by atomic mass is 15.3. The second-order valence-corrected chi connectivity index (χ2v) is 6.69. The minimum Gasteiger partial charge on any atom is -0.327 e. The van der Waals surface area contributed by atoms with Crippen LogP contribution in [-0.4, -0.2) is 15.8 Å². The van der Waals surface area contributed by atoms with Crippen LogP contribution in [0.5, 0.6) is 0 Å². The summed E-state index contributed by atoms with van der Waals surface area (Å²) in [7, 11) is 2.02. The molecular formula is C16H29N3. The maximum atomic E-state index is 6.44. The summed E-state index contributed by atoms with van der Waals surface area (Å²) >= 11 is 0. The molecule has 108 valence electrons. The summed E-state index contributed by atoms with van der Waals surface area (Å²) in [5.74, 6) is 2.45. The first-order valence-electron chi connectivity index (χ1n) is 7.72. The van der Waals surface area contributed by atoms with Gasteiger partial charge in [-0.1, -0.05) is 13.8 Å². The Morgan fingerprint density at radius 2 is 1.84 bits per heavy atom. The quantitative estimate of drug-likeness (QED) is 0.907. The lowest BCUT2D eigenvalue weighted by molar-refractivity contribution is 0.202. The maximum absolute atomic E-state index is 6.44. The third kappa shape index (κ3) is 3.59. The molecule has 3 heteroatoms. The fraction of sp³-hybridized carbons (Fsp3) is 0.812. The Kier molecular flexibility index (Phi) is 4.67. The summed E-state index contributed by atoms with van der Waals surface area (Å²) in [5, 5.41) is 4.41. The molecule has 0 saturated heterocycles. The number of nitrogens with two attached hydrogens (primary N) is 1. The first-order valence-corrected chi connectivity index (χ1v) is 7.72. The van der Waals surface area contributed by atoms with E-state index >= 15 is 0 Å². The minimum atomic E-state index is 0.294. The Balaban J connectivity index is 1.88. The molecule has 0 radical (unpaired) electrons. The molecule has 1 aliphatic carbocycles. The summed E-state index contributed by atoms with van der Waals surface area (Å²) in [4.78, 5) is 0. The van der Waals surface area contributed by atoms with Gasteiger partial charge in [-0.2, -0.15) is 5.10 Å². The largest absolute Gasteiger partial charge is 0.327 e. The molecule has 1 atom stereocenters. The molecule has 0 bridgehead atoms. The van der Waals surface area contributed by atoms with E-state index in [2.05, 4.69) is 25.0 Å². The van der Waals surface area contributed by atoms with Gasteiger partial charge in [0.1, 0.15) is 0 Å². The third-order valence-corrected chi connectivity index (χ3v) is 4.91. The predicted octanol–water partition coefficient (Wildman–Crippen LogP) is 3.06. The smallest absolute Gasteiger partial charge is 0.0596 e. The molecule has 1 aliphatic rings. The normalized spacial score (nSPS) is 25.8. The van der Waals surface area contributed by atoms with Gasteiger partial charge in [-0.3, -0.25) is 4.68 Å². The van der Waals surface area contributed by atoms with Crippen LogP contribution in [0.15, 0.2) is 6.07 Å². The predicted molar refractivity (Wildman–Crippen MR) is 79.9 cm³/mol. The van der Waals surface area contributed by atoms with Crippen molar-refractivity contribution in [3.05, 3.63) is 17.5 Å². The van der Waals surface area contributed by atoms with Crippen LogP contribution in [-0.2, 0) is 13.5 Å². The molecule has 1 heterocycles. The number of aromatic nitrogens is 2. The van der Waals surface area contributed by atoms with Gasteiger partial charge in [0.15, 0.2) is 0 Å². The second kappa shape index (κ2) is 6.08. The van der Waals surface area contributed by atoms with Gasteiger partial charge in [-0.25, -0.2) is 0 Å². The molecule has 0 amide bonds. The molecule has 0 spiro atoms. The highest BCUT2D eigenvalue weighted by Crippen LogP contribution is 2.34. The van der Waals surface area contributed by atoms with Crippen LogP contribution in [0, 0.1) is 24.7 Å². The van der Waals surface area contributed by atoms with Gasteiger partial charge in [0.2, 0.25) is 0 Å². The van der Waals surface area contributed by atoms with E-state index < -0.39 is 0 Å². The van der Waals surface area contributed by atoms with Crippen molar-refractivity contribution in [2.45, 2.75) is 58.9 Å². The van der Waals surface area contributed by atoms with E-state index in [1.165, 1.54) is 31.4 Å². The average Bonchev–Trinajstić information content (AvgIpc) is 2.68. The lowest BCUT2D eigenvalue weighted by Crippen LogP contribution is -2.36. The molecule has 1 unspecified atom stereocenters. The van der Waals surface area contributed by atoms with Crippen molar-refractivity contribution in [1.29, 1.82) is 0 Å². The summed E-state index contributed by atoms with van der Waals surface area (Å²) in [6, 6.07) is 2.46. The monoisotopic (exact) mass is 263 g/mol. The lowest BCUT2D eigenvalue weighted by atomic mass is 9.74. The Bertz CT molecular complexity index is 400. The van der Waals surface area contributed by atoms with Crippen molar-refractivity contribution >= 4 is 0 Å². The first-order chi connectivity index (χ1) is 8.97. The molecule has 0 aliphatic heterocycles. The third-order valence-electron chi connectivity index (χ3n) is 4.91. The van der Waals surface area contributed by atoms with E-state index in [1.54, 1.807) is 0 Å². The lowest BCUT2D eigenvalue weighted by Gasteiger charge is -2.34. The summed E-state index contributed by atoms with van der Waals surface area (Å²) < 4.78 is 1.98. The molecule has 0 aromatic carbocycles. The van der Waals surface area contributed by atoms with Crippen LogP contribution in [0.25, 0.3) is 0 Å². The van der Waals surface area contributed by atoms with Crippen LogP contribution < -0.4 is 5.73 Å². The molecule has 1 aromatic rings. The highest BCUT2D eigenvalue weighted by molar-refractivity contribution is 5.10. The van der Waals surface area contributed by atoms with Gasteiger partial charge in [0.25, 0.3) is 0 Å². The van der Waals surface area contributed by atoms with E-state index in [-0.39, 0.29) is 0 Å². The molecule has 1 aromatic heterocycles. The van der Waals surface area contributed by atoms with Crippen molar-refractivity contribution < 1.29 is 0 Å². The zero-order valence-corrected chi connectivity index (χ0v) is 12.9. The molecule has 2 rings (SSSR count). The number of rotatable bonds is 4. The topological polar surface area (TPSA) is 43.8 Å². The van der Waals surface area contributed by atoms with E-state index in [9.17, 15) is 0 Å². The Morgan fingerprint density at radius 3 is 2.32 bits per heavy atom. The van der Waals surface area contributed by atoms with Crippen molar-refractivity contribution in [3.63, 3.8) is 0 Å². The standard InChI is InChI=1S/C16H29N3/c1-11(2)13-5-7-14(8-6-13)16(17)10-15-9-12(3)18-19(15)4/h9,11,13-14,16H,5-8,10,17H2,1-4H3. The van der Waals surface area contributed by atoms with Crippen molar-refractivity contribution in [1.82, 2.24) is 9.78 Å². The number of hydrogen-bond donors (Lipinski definition) is 1. The highest BCUT2D eigenvalue weighted by Gasteiger charge is 2.27. The first kappa shape index (κ1) is 14.6. The van der Waals surface area contributed by atoms with Crippen LogP contribution in [0.1, 0.15) is 50.9 Å². The van der Waals surface area contributed by atoms with Gasteiger partial charge < -0.3 is 5.73 Å². The van der Waals surface area contributed by atoms with Crippen molar-refractivity contribution in [2.24, 2.45) is 30.5 Å². The van der Waals surface area contributed by atoms with E-state index in [1.807, 2.05) is 18.7 Å². The number of nitrogens with zero attached hydrogens (tertiary/aromatic N) is 2. The van der Waals surface area contributed by atoms with Crippen LogP contribution in [0.2, 0.25) is 0 Å². The van der Waals surface area contributed by atoms with E-state index in [0.717, 1.165) is 24.0 Å². The maximum Gasteiger partial charge on any atom is 0.0596 e. The SMILES string of the molecule is Cc1cc(CC(N)C2CCC(C(C)C)CC2)n(C)n1. The summed E-state index contributed by atoms with van der Waals surface area (Å²) in [6.45, 7) is 6.75. The fourth-order valence-electron chi connectivity index (χ4n) is 3.50. The molecule has 3 nitrogen and oxygen atoms in total. The Morgan fingerprint density at radius 1 is 1.26 bits per heavy atom. The summed E-state index contributed by atoms with van der Waals surface area (Å²) in [6.07, 6.45) is 6.30. The van der Waals surface area contributed by atoms with Gasteiger partial charge in [0.05, 0.1) is 5.69 Å². The van der Waals surface area contributed by atoms with E-state index in [4.69, 9.17) is 5.73 Å². The zero-order valence-electron chi connectivity index (χ0n) is 12.9. The number of hydrogen-bond acceptors (Lipinski definition) is 2. The van der Waals surface area contributed by atoms with Gasteiger partial charge in [-0.15, -0.1) is 0 Å². The second-order valence-electron chi connectivity index (χ2n) is 6.69. The zero-order chi connectivity index (χ0) is 14.0. The van der Waals surface area contributed by atoms with E-state index in [0.29, 0.717) is 12.0 Å². The van der Waals surface area contributed by atoms with Gasteiger partial charge in [-0.05, 0) is 56.4 Å². The van der Waals surface area contributed by atoms with Gasteiger partial charge in [0, 0.05) is 25.2 Å². The molecule has 1 saturated carbocycles. The van der Waals surface area contributed by atoms with Crippen LogP contribution in [0.4, 0.5) is 0 Å². The minimum absolute atomic E-state index is 0.294. The fourth-order valence-corrected chi connectivity index (χ4v) is 3.50. The molecule has 19 heavy (non-hydrogen) atoms. The molecule has 2 N–H and O–H groups in total. The molecule has 1 fully saturated rings. The van der Waals surface area contributed by atoms with Crippen LogP contribution >= 0.6 is 0 Å². The summed E-state index contributed by atoms with van der Waals surface area (Å²) in [5.41, 5.74) is 8.80. The average molecular weight is 263 g/mol. The Hall–Kier alpha value is -0.830.